The smallest absolute Gasteiger partial charge is 0.253 e. The van der Waals surface area contributed by atoms with E-state index < -0.39 is 20.7 Å². The van der Waals surface area contributed by atoms with E-state index in [4.69, 9.17) is 0 Å². The van der Waals surface area contributed by atoms with Crippen LogP contribution in [-0.4, -0.2) is 38.4 Å². The number of sulfonamides is 1. The number of nitrogens with zero attached hydrogens (tertiary/aromatic N) is 1. The van der Waals surface area contributed by atoms with E-state index >= 15 is 0 Å². The molecule has 1 aromatic carbocycles. The predicted molar refractivity (Wildman–Crippen MR) is 86.2 cm³/mol. The van der Waals surface area contributed by atoms with Crippen LogP contribution in [0.3, 0.4) is 0 Å². The van der Waals surface area contributed by atoms with E-state index in [0.717, 1.165) is 25.0 Å². The summed E-state index contributed by atoms with van der Waals surface area (Å²) in [5.41, 5.74) is 0.199. The van der Waals surface area contributed by atoms with Gasteiger partial charge in [-0.1, -0.05) is 6.92 Å². The van der Waals surface area contributed by atoms with Crippen LogP contribution in [0.5, 0.6) is 0 Å². The highest BCUT2D eigenvalue weighted by atomic mass is 32.2. The zero-order valence-corrected chi connectivity index (χ0v) is 14.5. The van der Waals surface area contributed by atoms with Crippen molar-refractivity contribution >= 4 is 15.9 Å². The Balaban J connectivity index is 2.31. The Morgan fingerprint density at radius 1 is 1.39 bits per heavy atom. The third-order valence-electron chi connectivity index (χ3n) is 3.80. The Labute approximate surface area is 136 Å². The van der Waals surface area contributed by atoms with Crippen LogP contribution in [0.1, 0.15) is 44.0 Å². The first-order valence-electron chi connectivity index (χ1n) is 7.82. The van der Waals surface area contributed by atoms with Gasteiger partial charge < -0.3 is 4.90 Å². The first kappa shape index (κ1) is 17.9. The Kier molecular flexibility index (Phi) is 5.41. The highest BCUT2D eigenvalue weighted by Crippen LogP contribution is 2.21. The van der Waals surface area contributed by atoms with Gasteiger partial charge in [-0.05, 0) is 50.8 Å². The molecule has 0 aliphatic carbocycles. The summed E-state index contributed by atoms with van der Waals surface area (Å²) in [6.07, 6.45) is 2.00. The Bertz CT molecular complexity index is 689. The summed E-state index contributed by atoms with van der Waals surface area (Å²) in [5, 5.41) is 0. The molecule has 1 atom stereocenters. The highest BCUT2D eigenvalue weighted by molar-refractivity contribution is 7.89. The molecule has 1 amide bonds. The number of carbonyl (C=O) groups is 1. The zero-order chi connectivity index (χ0) is 17.2. The number of hydrogen-bond donors (Lipinski definition) is 1. The average molecular weight is 342 g/mol. The lowest BCUT2D eigenvalue weighted by Crippen LogP contribution is -2.39. The average Bonchev–Trinajstić information content (AvgIpc) is 2.45. The van der Waals surface area contributed by atoms with Crippen molar-refractivity contribution in [2.45, 2.75) is 44.6 Å². The third-order valence-corrected chi connectivity index (χ3v) is 5.48. The first-order chi connectivity index (χ1) is 10.7. The topological polar surface area (TPSA) is 66.5 Å². The minimum absolute atomic E-state index is 0.199. The molecule has 5 nitrogen and oxygen atoms in total. The number of hydrogen-bond acceptors (Lipinski definition) is 3. The molecular formula is C16H23FN2O3S. The number of benzene rings is 1. The van der Waals surface area contributed by atoms with Crippen molar-refractivity contribution in [1.82, 2.24) is 9.62 Å². The molecule has 1 aliphatic heterocycles. The van der Waals surface area contributed by atoms with Gasteiger partial charge in [-0.3, -0.25) is 4.79 Å². The normalized spacial score (nSPS) is 19.2. The molecule has 0 saturated carbocycles. The molecule has 128 valence electrons. The molecule has 7 heteroatoms. The van der Waals surface area contributed by atoms with Gasteiger partial charge >= 0.3 is 0 Å². The molecule has 1 unspecified atom stereocenters. The van der Waals surface area contributed by atoms with Crippen LogP contribution in [0, 0.1) is 11.7 Å². The number of carbonyl (C=O) groups excluding carboxylic acids is 1. The lowest BCUT2D eigenvalue weighted by Gasteiger charge is -2.31. The standard InChI is InChI=1S/C16H23FN2O3S/c1-11(2)18-23(21,22)15-9-13(6-7-14(15)17)16(20)19-8-4-5-12(3)10-19/h6-7,9,11-12,18H,4-5,8,10H2,1-3H3. The van der Waals surface area contributed by atoms with E-state index in [1.165, 1.54) is 6.07 Å². The molecular weight excluding hydrogens is 319 g/mol. The SMILES string of the molecule is CC1CCCN(C(=O)c2ccc(F)c(S(=O)(=O)NC(C)C)c2)C1. The number of nitrogens with one attached hydrogen (secondary N) is 1. The first-order valence-corrected chi connectivity index (χ1v) is 9.30. The summed E-state index contributed by atoms with van der Waals surface area (Å²) in [6, 6.07) is 3.14. The van der Waals surface area contributed by atoms with Crippen LogP contribution in [0.2, 0.25) is 0 Å². The Morgan fingerprint density at radius 2 is 2.09 bits per heavy atom. The van der Waals surface area contributed by atoms with Crippen LogP contribution < -0.4 is 4.72 Å². The Morgan fingerprint density at radius 3 is 2.70 bits per heavy atom. The van der Waals surface area contributed by atoms with Gasteiger partial charge in [0.15, 0.2) is 0 Å². The van der Waals surface area contributed by atoms with Gasteiger partial charge in [-0.15, -0.1) is 0 Å². The number of piperidine rings is 1. The minimum Gasteiger partial charge on any atom is -0.338 e. The molecule has 2 rings (SSSR count). The van der Waals surface area contributed by atoms with Gasteiger partial charge in [0, 0.05) is 24.7 Å². The van der Waals surface area contributed by atoms with Crippen molar-refractivity contribution in [3.05, 3.63) is 29.6 Å². The summed E-state index contributed by atoms with van der Waals surface area (Å²) in [5.74, 6) is -0.696. The van der Waals surface area contributed by atoms with Crippen molar-refractivity contribution < 1.29 is 17.6 Å². The lowest BCUT2D eigenvalue weighted by atomic mass is 9.99. The fraction of sp³-hybridized carbons (Fsp3) is 0.562. The van der Waals surface area contributed by atoms with Crippen LogP contribution in [0.15, 0.2) is 23.1 Å². The number of likely N-dealkylation sites (tertiary alicyclic amines) is 1. The molecule has 1 N–H and O–H groups in total. The van der Waals surface area contributed by atoms with Crippen molar-refractivity contribution in [3.8, 4) is 0 Å². The molecule has 1 fully saturated rings. The highest BCUT2D eigenvalue weighted by Gasteiger charge is 2.25. The van der Waals surface area contributed by atoms with E-state index in [-0.39, 0.29) is 17.5 Å². The molecule has 1 aromatic rings. The van der Waals surface area contributed by atoms with Crippen molar-refractivity contribution in [3.63, 3.8) is 0 Å². The summed E-state index contributed by atoms with van der Waals surface area (Å²) >= 11 is 0. The second-order valence-electron chi connectivity index (χ2n) is 6.42. The van der Waals surface area contributed by atoms with E-state index in [0.29, 0.717) is 19.0 Å². The number of amides is 1. The molecule has 0 bridgehead atoms. The predicted octanol–water partition coefficient (Wildman–Crippen LogP) is 2.38. The third kappa shape index (κ3) is 4.29. The lowest BCUT2D eigenvalue weighted by molar-refractivity contribution is 0.0682. The van der Waals surface area contributed by atoms with E-state index in [1.807, 2.05) is 0 Å². The second-order valence-corrected chi connectivity index (χ2v) is 8.10. The van der Waals surface area contributed by atoms with Crippen LogP contribution >= 0.6 is 0 Å². The maximum Gasteiger partial charge on any atom is 0.253 e. The van der Waals surface area contributed by atoms with Crippen molar-refractivity contribution in [1.29, 1.82) is 0 Å². The van der Waals surface area contributed by atoms with Gasteiger partial charge in [0.1, 0.15) is 10.7 Å². The van der Waals surface area contributed by atoms with Crippen molar-refractivity contribution in [2.24, 2.45) is 5.92 Å². The number of rotatable bonds is 4. The molecule has 23 heavy (non-hydrogen) atoms. The van der Waals surface area contributed by atoms with Crippen LogP contribution in [-0.2, 0) is 10.0 Å². The summed E-state index contributed by atoms with van der Waals surface area (Å²) in [7, 11) is -3.98. The molecule has 0 radical (unpaired) electrons. The van der Waals surface area contributed by atoms with Gasteiger partial charge in [0.05, 0.1) is 0 Å². The van der Waals surface area contributed by atoms with Gasteiger partial charge in [-0.25, -0.2) is 17.5 Å². The van der Waals surface area contributed by atoms with E-state index in [9.17, 15) is 17.6 Å². The van der Waals surface area contributed by atoms with E-state index in [1.54, 1.807) is 18.7 Å². The van der Waals surface area contributed by atoms with Gasteiger partial charge in [0.2, 0.25) is 10.0 Å². The van der Waals surface area contributed by atoms with Gasteiger partial charge in [0.25, 0.3) is 5.91 Å². The van der Waals surface area contributed by atoms with Gasteiger partial charge in [-0.2, -0.15) is 0 Å². The largest absolute Gasteiger partial charge is 0.338 e. The molecule has 1 aliphatic rings. The second kappa shape index (κ2) is 6.97. The van der Waals surface area contributed by atoms with E-state index in [2.05, 4.69) is 11.6 Å². The zero-order valence-electron chi connectivity index (χ0n) is 13.7. The summed E-state index contributed by atoms with van der Waals surface area (Å²) < 4.78 is 40.7. The fourth-order valence-corrected chi connectivity index (χ4v) is 4.13. The summed E-state index contributed by atoms with van der Waals surface area (Å²) in [6.45, 7) is 6.67. The molecule has 1 heterocycles. The quantitative estimate of drug-likeness (QED) is 0.913. The fourth-order valence-electron chi connectivity index (χ4n) is 2.77. The minimum atomic E-state index is -3.98. The molecule has 0 aromatic heterocycles. The molecule has 1 saturated heterocycles. The Hall–Kier alpha value is -1.47. The monoisotopic (exact) mass is 342 g/mol. The number of halogens is 1. The summed E-state index contributed by atoms with van der Waals surface area (Å²) in [4.78, 5) is 13.8. The maximum absolute atomic E-state index is 13.9. The maximum atomic E-state index is 13.9. The van der Waals surface area contributed by atoms with Crippen LogP contribution in [0.4, 0.5) is 4.39 Å². The van der Waals surface area contributed by atoms with Crippen LogP contribution in [0.25, 0.3) is 0 Å². The molecule has 0 spiro atoms. The van der Waals surface area contributed by atoms with Crippen molar-refractivity contribution in [2.75, 3.05) is 13.1 Å².